The van der Waals surface area contributed by atoms with E-state index in [0.717, 1.165) is 12.6 Å². The molecule has 0 spiro atoms. The lowest BCUT2D eigenvalue weighted by Crippen LogP contribution is -2.45. The number of nitrogens with zero attached hydrogens (tertiary/aromatic N) is 2. The lowest BCUT2D eigenvalue weighted by atomic mass is 9.95. The van der Waals surface area contributed by atoms with Gasteiger partial charge in [0.25, 0.3) is 5.91 Å². The van der Waals surface area contributed by atoms with Gasteiger partial charge in [0.15, 0.2) is 0 Å². The standard InChI is InChI=1S/C12H15FN2O2/c1-8-2-3-15(7-11(8)16)12(17)9-4-10(13)6-14-5-9/h4-6,8,11,16H,2-3,7H2,1H3. The van der Waals surface area contributed by atoms with Crippen molar-refractivity contribution in [3.05, 3.63) is 29.8 Å². The fraction of sp³-hybridized carbons (Fsp3) is 0.500. The van der Waals surface area contributed by atoms with Gasteiger partial charge in [0.1, 0.15) is 5.82 Å². The van der Waals surface area contributed by atoms with Gasteiger partial charge in [-0.1, -0.05) is 6.92 Å². The Morgan fingerprint density at radius 2 is 2.35 bits per heavy atom. The van der Waals surface area contributed by atoms with E-state index in [4.69, 9.17) is 0 Å². The fourth-order valence-electron chi connectivity index (χ4n) is 1.94. The third kappa shape index (κ3) is 2.61. The Kier molecular flexibility index (Phi) is 3.38. The summed E-state index contributed by atoms with van der Waals surface area (Å²) in [6.45, 7) is 2.85. The van der Waals surface area contributed by atoms with Crippen LogP contribution in [0.15, 0.2) is 18.5 Å². The van der Waals surface area contributed by atoms with Gasteiger partial charge in [-0.05, 0) is 18.4 Å². The number of piperidine rings is 1. The van der Waals surface area contributed by atoms with Gasteiger partial charge in [-0.3, -0.25) is 9.78 Å². The van der Waals surface area contributed by atoms with Crippen LogP contribution < -0.4 is 0 Å². The van der Waals surface area contributed by atoms with Gasteiger partial charge in [0.05, 0.1) is 17.9 Å². The van der Waals surface area contributed by atoms with Crippen molar-refractivity contribution >= 4 is 5.91 Å². The Labute approximate surface area is 99.1 Å². The largest absolute Gasteiger partial charge is 0.391 e. The Hall–Kier alpha value is -1.49. The van der Waals surface area contributed by atoms with E-state index in [0.29, 0.717) is 13.1 Å². The van der Waals surface area contributed by atoms with Gasteiger partial charge < -0.3 is 10.0 Å². The van der Waals surface area contributed by atoms with Gasteiger partial charge in [-0.2, -0.15) is 0 Å². The Morgan fingerprint density at radius 3 is 3.00 bits per heavy atom. The third-order valence-corrected chi connectivity index (χ3v) is 3.16. The first-order chi connectivity index (χ1) is 8.08. The van der Waals surface area contributed by atoms with Crippen LogP contribution in [0.4, 0.5) is 4.39 Å². The predicted octanol–water partition coefficient (Wildman–Crippen LogP) is 1.06. The van der Waals surface area contributed by atoms with Crippen LogP contribution in [0.3, 0.4) is 0 Å². The summed E-state index contributed by atoms with van der Waals surface area (Å²) >= 11 is 0. The SMILES string of the molecule is CC1CCN(C(=O)c2cncc(F)c2)CC1O. The number of carbonyl (C=O) groups excluding carboxylic acids is 1. The lowest BCUT2D eigenvalue weighted by molar-refractivity contribution is 0.0248. The molecule has 1 fully saturated rings. The monoisotopic (exact) mass is 238 g/mol. The van der Waals surface area contributed by atoms with Crippen LogP contribution in [0.1, 0.15) is 23.7 Å². The van der Waals surface area contributed by atoms with E-state index < -0.39 is 11.9 Å². The van der Waals surface area contributed by atoms with Gasteiger partial charge in [-0.25, -0.2) is 4.39 Å². The van der Waals surface area contributed by atoms with E-state index in [2.05, 4.69) is 4.98 Å². The molecule has 2 rings (SSSR count). The second kappa shape index (κ2) is 4.79. The number of aliphatic hydroxyl groups is 1. The van der Waals surface area contributed by atoms with Crippen LogP contribution in [0.25, 0.3) is 0 Å². The zero-order chi connectivity index (χ0) is 12.4. The fourth-order valence-corrected chi connectivity index (χ4v) is 1.94. The highest BCUT2D eigenvalue weighted by Gasteiger charge is 2.27. The molecule has 1 saturated heterocycles. The molecule has 1 N–H and O–H groups in total. The molecule has 1 aromatic heterocycles. The number of aliphatic hydroxyl groups excluding tert-OH is 1. The third-order valence-electron chi connectivity index (χ3n) is 3.16. The molecule has 0 saturated carbocycles. The van der Waals surface area contributed by atoms with Crippen LogP contribution in [-0.2, 0) is 0 Å². The quantitative estimate of drug-likeness (QED) is 0.796. The van der Waals surface area contributed by atoms with Gasteiger partial charge >= 0.3 is 0 Å². The number of carbonyl (C=O) groups is 1. The number of amides is 1. The summed E-state index contributed by atoms with van der Waals surface area (Å²) in [5, 5.41) is 9.71. The molecule has 2 heterocycles. The van der Waals surface area contributed by atoms with Crippen LogP contribution in [-0.4, -0.2) is 40.1 Å². The highest BCUT2D eigenvalue weighted by atomic mass is 19.1. The average molecular weight is 238 g/mol. The number of halogens is 1. The van der Waals surface area contributed by atoms with E-state index in [9.17, 15) is 14.3 Å². The molecule has 4 nitrogen and oxygen atoms in total. The molecule has 0 bridgehead atoms. The number of aromatic nitrogens is 1. The van der Waals surface area contributed by atoms with Crippen molar-refractivity contribution in [2.75, 3.05) is 13.1 Å². The molecule has 2 atom stereocenters. The van der Waals surface area contributed by atoms with Crippen LogP contribution in [0.5, 0.6) is 0 Å². The number of hydrogen-bond acceptors (Lipinski definition) is 3. The first kappa shape index (κ1) is 12.0. The lowest BCUT2D eigenvalue weighted by Gasteiger charge is -2.34. The van der Waals surface area contributed by atoms with Crippen molar-refractivity contribution in [3.63, 3.8) is 0 Å². The molecule has 5 heteroatoms. The molecule has 0 aliphatic carbocycles. The molecule has 1 aliphatic heterocycles. The maximum Gasteiger partial charge on any atom is 0.255 e. The van der Waals surface area contributed by atoms with Crippen molar-refractivity contribution in [1.82, 2.24) is 9.88 Å². The summed E-state index contributed by atoms with van der Waals surface area (Å²) < 4.78 is 13.0. The van der Waals surface area contributed by atoms with E-state index in [-0.39, 0.29) is 17.4 Å². The predicted molar refractivity (Wildman–Crippen MR) is 59.9 cm³/mol. The topological polar surface area (TPSA) is 53.4 Å². The summed E-state index contributed by atoms with van der Waals surface area (Å²) in [5.74, 6) is -0.602. The first-order valence-corrected chi connectivity index (χ1v) is 5.66. The van der Waals surface area contributed by atoms with Crippen molar-refractivity contribution < 1.29 is 14.3 Å². The number of likely N-dealkylation sites (tertiary alicyclic amines) is 1. The van der Waals surface area contributed by atoms with E-state index in [1.54, 1.807) is 4.90 Å². The molecule has 92 valence electrons. The number of β-amino-alcohol motifs (C(OH)–C–C–N with tert-alkyl or cyclic N) is 1. The maximum absolute atomic E-state index is 13.0. The first-order valence-electron chi connectivity index (χ1n) is 5.66. The van der Waals surface area contributed by atoms with Gasteiger partial charge in [-0.15, -0.1) is 0 Å². The van der Waals surface area contributed by atoms with Gasteiger partial charge in [0, 0.05) is 19.3 Å². The summed E-state index contributed by atoms with van der Waals surface area (Å²) in [7, 11) is 0. The highest BCUT2D eigenvalue weighted by Crippen LogP contribution is 2.18. The molecule has 0 radical (unpaired) electrons. The minimum absolute atomic E-state index is 0.199. The Bertz CT molecular complexity index is 425. The normalized spacial score (nSPS) is 24.8. The van der Waals surface area contributed by atoms with Crippen molar-refractivity contribution in [3.8, 4) is 0 Å². The second-order valence-electron chi connectivity index (χ2n) is 4.48. The molecule has 17 heavy (non-hydrogen) atoms. The molecule has 1 aliphatic rings. The van der Waals surface area contributed by atoms with E-state index >= 15 is 0 Å². The maximum atomic E-state index is 13.0. The highest BCUT2D eigenvalue weighted by molar-refractivity contribution is 5.94. The van der Waals surface area contributed by atoms with Crippen molar-refractivity contribution in [2.45, 2.75) is 19.4 Å². The molecular formula is C12H15FN2O2. The van der Waals surface area contributed by atoms with Crippen molar-refractivity contribution in [2.24, 2.45) is 5.92 Å². The van der Waals surface area contributed by atoms with Crippen LogP contribution in [0.2, 0.25) is 0 Å². The molecular weight excluding hydrogens is 223 g/mol. The van der Waals surface area contributed by atoms with E-state index in [1.807, 2.05) is 6.92 Å². The van der Waals surface area contributed by atoms with Crippen LogP contribution in [0, 0.1) is 11.7 Å². The minimum atomic E-state index is -0.526. The Balaban J connectivity index is 2.10. The smallest absolute Gasteiger partial charge is 0.255 e. The summed E-state index contributed by atoms with van der Waals surface area (Å²) in [6, 6.07) is 1.17. The molecule has 2 unspecified atom stereocenters. The van der Waals surface area contributed by atoms with E-state index in [1.165, 1.54) is 12.3 Å². The van der Waals surface area contributed by atoms with Crippen LogP contribution >= 0.6 is 0 Å². The summed E-state index contributed by atoms with van der Waals surface area (Å²) in [5.41, 5.74) is 0.228. The Morgan fingerprint density at radius 1 is 1.59 bits per heavy atom. The molecule has 0 aromatic carbocycles. The number of hydrogen-bond donors (Lipinski definition) is 1. The summed E-state index contributed by atoms with van der Waals surface area (Å²) in [4.78, 5) is 17.2. The molecule has 1 aromatic rings. The second-order valence-corrected chi connectivity index (χ2v) is 4.48. The zero-order valence-corrected chi connectivity index (χ0v) is 9.64. The zero-order valence-electron chi connectivity index (χ0n) is 9.64. The number of rotatable bonds is 1. The molecule has 1 amide bonds. The summed E-state index contributed by atoms with van der Waals surface area (Å²) in [6.07, 6.45) is 2.66. The van der Waals surface area contributed by atoms with Gasteiger partial charge in [0.2, 0.25) is 0 Å². The average Bonchev–Trinajstić information content (AvgIpc) is 2.32. The van der Waals surface area contributed by atoms with Crippen molar-refractivity contribution in [1.29, 1.82) is 0 Å². The minimum Gasteiger partial charge on any atom is -0.391 e. The number of pyridine rings is 1.